The van der Waals surface area contributed by atoms with E-state index in [1.165, 1.54) is 17.0 Å². The SMILES string of the molecule is CC(O)CCN(C)C(=O)C(C)(C)c1cccc(C(F)(F)F)c1. The summed E-state index contributed by atoms with van der Waals surface area (Å²) >= 11 is 0. The van der Waals surface area contributed by atoms with E-state index in [2.05, 4.69) is 0 Å². The minimum atomic E-state index is -4.44. The molecule has 124 valence electrons. The Morgan fingerprint density at radius 3 is 2.32 bits per heavy atom. The number of hydrogen-bond donors (Lipinski definition) is 1. The molecule has 0 aliphatic rings. The van der Waals surface area contributed by atoms with E-state index in [-0.39, 0.29) is 5.91 Å². The Morgan fingerprint density at radius 1 is 1.27 bits per heavy atom. The van der Waals surface area contributed by atoms with Crippen LogP contribution in [0.5, 0.6) is 0 Å². The number of rotatable bonds is 5. The molecule has 1 unspecified atom stereocenters. The molecule has 3 nitrogen and oxygen atoms in total. The van der Waals surface area contributed by atoms with Crippen LogP contribution in [-0.4, -0.2) is 35.6 Å². The van der Waals surface area contributed by atoms with Gasteiger partial charge in [-0.3, -0.25) is 4.79 Å². The van der Waals surface area contributed by atoms with E-state index in [0.717, 1.165) is 12.1 Å². The van der Waals surface area contributed by atoms with Crippen molar-refractivity contribution in [3.05, 3.63) is 35.4 Å². The maximum Gasteiger partial charge on any atom is 0.416 e. The second-order valence-electron chi connectivity index (χ2n) is 6.07. The first kappa shape index (κ1) is 18.5. The number of amides is 1. The summed E-state index contributed by atoms with van der Waals surface area (Å²) in [7, 11) is 1.58. The zero-order valence-corrected chi connectivity index (χ0v) is 13.2. The van der Waals surface area contributed by atoms with Gasteiger partial charge in [0.2, 0.25) is 5.91 Å². The minimum absolute atomic E-state index is 0.285. The van der Waals surface area contributed by atoms with Gasteiger partial charge in [0, 0.05) is 13.6 Å². The normalized spacial score (nSPS) is 13.8. The molecular weight excluding hydrogens is 295 g/mol. The Labute approximate surface area is 128 Å². The molecule has 1 atom stereocenters. The number of carbonyl (C=O) groups is 1. The first-order chi connectivity index (χ1) is 9.96. The van der Waals surface area contributed by atoms with Crippen LogP contribution in [0.15, 0.2) is 24.3 Å². The van der Waals surface area contributed by atoms with E-state index in [9.17, 15) is 23.1 Å². The Kier molecular flexibility index (Phi) is 5.62. The second kappa shape index (κ2) is 6.69. The lowest BCUT2D eigenvalue weighted by atomic mass is 9.82. The molecule has 0 saturated heterocycles. The van der Waals surface area contributed by atoms with E-state index >= 15 is 0 Å². The van der Waals surface area contributed by atoms with Gasteiger partial charge in [-0.15, -0.1) is 0 Å². The number of aliphatic hydroxyl groups excluding tert-OH is 1. The van der Waals surface area contributed by atoms with Crippen LogP contribution in [0, 0.1) is 0 Å². The monoisotopic (exact) mass is 317 g/mol. The van der Waals surface area contributed by atoms with Crippen LogP contribution in [0.2, 0.25) is 0 Å². The fourth-order valence-corrected chi connectivity index (χ4v) is 2.17. The molecule has 22 heavy (non-hydrogen) atoms. The lowest BCUT2D eigenvalue weighted by Gasteiger charge is -2.30. The molecular formula is C16H22F3NO2. The maximum atomic E-state index is 12.8. The summed E-state index contributed by atoms with van der Waals surface area (Å²) in [6, 6.07) is 4.83. The first-order valence-electron chi connectivity index (χ1n) is 7.07. The molecule has 1 N–H and O–H groups in total. The van der Waals surface area contributed by atoms with Gasteiger partial charge >= 0.3 is 6.18 Å². The molecule has 0 saturated carbocycles. The number of likely N-dealkylation sites (N-methyl/N-ethyl adjacent to an activating group) is 1. The van der Waals surface area contributed by atoms with Crippen LogP contribution in [0.1, 0.15) is 38.3 Å². The third kappa shape index (κ3) is 4.47. The predicted molar refractivity (Wildman–Crippen MR) is 78.4 cm³/mol. The molecule has 0 spiro atoms. The Morgan fingerprint density at radius 2 is 1.82 bits per heavy atom. The summed E-state index contributed by atoms with van der Waals surface area (Å²) in [4.78, 5) is 13.9. The number of halogens is 3. The zero-order valence-electron chi connectivity index (χ0n) is 13.2. The van der Waals surface area contributed by atoms with Gasteiger partial charge in [0.1, 0.15) is 0 Å². The Bertz CT molecular complexity index is 524. The molecule has 0 bridgehead atoms. The van der Waals surface area contributed by atoms with Gasteiger partial charge in [0.05, 0.1) is 17.1 Å². The van der Waals surface area contributed by atoms with Gasteiger partial charge in [-0.25, -0.2) is 0 Å². The number of benzene rings is 1. The van der Waals surface area contributed by atoms with E-state index < -0.39 is 23.3 Å². The molecule has 0 fully saturated rings. The number of carbonyl (C=O) groups excluding carboxylic acids is 1. The summed E-state index contributed by atoms with van der Waals surface area (Å²) in [6.07, 6.45) is -4.55. The highest BCUT2D eigenvalue weighted by Gasteiger charge is 2.36. The van der Waals surface area contributed by atoms with E-state index in [1.54, 1.807) is 27.8 Å². The standard InChI is InChI=1S/C16H22F3NO2/c1-11(21)8-9-20(4)14(22)15(2,3)12-6-5-7-13(10-12)16(17,18)19/h5-7,10-11,21H,8-9H2,1-4H3. The minimum Gasteiger partial charge on any atom is -0.393 e. The van der Waals surface area contributed by atoms with Crippen LogP contribution in [0.25, 0.3) is 0 Å². The molecule has 1 amide bonds. The summed E-state index contributed by atoms with van der Waals surface area (Å²) < 4.78 is 38.4. The number of aliphatic hydroxyl groups is 1. The summed E-state index contributed by atoms with van der Waals surface area (Å²) in [5.74, 6) is -0.285. The quantitative estimate of drug-likeness (QED) is 0.906. The highest BCUT2D eigenvalue weighted by Crippen LogP contribution is 2.33. The van der Waals surface area contributed by atoms with Gasteiger partial charge in [0.15, 0.2) is 0 Å². The molecule has 0 aliphatic heterocycles. The van der Waals surface area contributed by atoms with Crippen LogP contribution < -0.4 is 0 Å². The van der Waals surface area contributed by atoms with E-state index in [4.69, 9.17) is 0 Å². The second-order valence-corrected chi connectivity index (χ2v) is 6.07. The van der Waals surface area contributed by atoms with Crippen molar-refractivity contribution in [1.82, 2.24) is 4.90 Å². The van der Waals surface area contributed by atoms with Crippen molar-refractivity contribution >= 4 is 5.91 Å². The van der Waals surface area contributed by atoms with Crippen molar-refractivity contribution < 1.29 is 23.1 Å². The van der Waals surface area contributed by atoms with Crippen molar-refractivity contribution in [3.8, 4) is 0 Å². The number of alkyl halides is 3. The Balaban J connectivity index is 3.00. The van der Waals surface area contributed by atoms with Crippen LogP contribution in [0.4, 0.5) is 13.2 Å². The lowest BCUT2D eigenvalue weighted by Crippen LogP contribution is -2.42. The van der Waals surface area contributed by atoms with Crippen LogP contribution in [-0.2, 0) is 16.4 Å². The molecule has 0 radical (unpaired) electrons. The van der Waals surface area contributed by atoms with Crippen molar-refractivity contribution in [2.24, 2.45) is 0 Å². The summed E-state index contributed by atoms with van der Waals surface area (Å²) in [5.41, 5.74) is -1.52. The third-order valence-electron chi connectivity index (χ3n) is 3.68. The fourth-order valence-electron chi connectivity index (χ4n) is 2.17. The smallest absolute Gasteiger partial charge is 0.393 e. The zero-order chi connectivity index (χ0) is 17.1. The molecule has 1 aromatic rings. The number of nitrogens with zero attached hydrogens (tertiary/aromatic N) is 1. The fraction of sp³-hybridized carbons (Fsp3) is 0.562. The summed E-state index contributed by atoms with van der Waals surface area (Å²) in [6.45, 7) is 5.17. The largest absolute Gasteiger partial charge is 0.416 e. The van der Waals surface area contributed by atoms with Crippen molar-refractivity contribution in [3.63, 3.8) is 0 Å². The van der Waals surface area contributed by atoms with Gasteiger partial charge < -0.3 is 10.0 Å². The molecule has 0 aliphatic carbocycles. The van der Waals surface area contributed by atoms with Gasteiger partial charge in [-0.2, -0.15) is 13.2 Å². The van der Waals surface area contributed by atoms with E-state index in [0.29, 0.717) is 18.5 Å². The molecule has 0 aromatic heterocycles. The van der Waals surface area contributed by atoms with Gasteiger partial charge in [0.25, 0.3) is 0 Å². The number of hydrogen-bond acceptors (Lipinski definition) is 2. The molecule has 0 heterocycles. The average Bonchev–Trinajstić information content (AvgIpc) is 2.43. The highest BCUT2D eigenvalue weighted by atomic mass is 19.4. The topological polar surface area (TPSA) is 40.5 Å². The predicted octanol–water partition coefficient (Wildman–Crippen LogP) is 3.21. The van der Waals surface area contributed by atoms with Crippen molar-refractivity contribution in [2.75, 3.05) is 13.6 Å². The average molecular weight is 317 g/mol. The molecule has 1 rings (SSSR count). The first-order valence-corrected chi connectivity index (χ1v) is 7.07. The van der Waals surface area contributed by atoms with Gasteiger partial charge in [-0.1, -0.05) is 18.2 Å². The van der Waals surface area contributed by atoms with Crippen LogP contribution >= 0.6 is 0 Å². The molecule has 6 heteroatoms. The van der Waals surface area contributed by atoms with Crippen LogP contribution in [0.3, 0.4) is 0 Å². The van der Waals surface area contributed by atoms with E-state index in [1.807, 2.05) is 0 Å². The summed E-state index contributed by atoms with van der Waals surface area (Å²) in [5, 5.41) is 9.27. The third-order valence-corrected chi connectivity index (χ3v) is 3.68. The molecule has 1 aromatic carbocycles. The Hall–Kier alpha value is -1.56. The van der Waals surface area contributed by atoms with Crippen molar-refractivity contribution in [1.29, 1.82) is 0 Å². The lowest BCUT2D eigenvalue weighted by molar-refractivity contribution is -0.138. The van der Waals surface area contributed by atoms with Gasteiger partial charge in [-0.05, 0) is 38.8 Å². The van der Waals surface area contributed by atoms with Crippen molar-refractivity contribution in [2.45, 2.75) is 44.9 Å². The highest BCUT2D eigenvalue weighted by molar-refractivity contribution is 5.87. The maximum absolute atomic E-state index is 12.8.